The van der Waals surface area contributed by atoms with Crippen molar-refractivity contribution >= 4 is 11.7 Å². The van der Waals surface area contributed by atoms with Crippen LogP contribution in [0.5, 0.6) is 0 Å². The van der Waals surface area contributed by atoms with Gasteiger partial charge >= 0.3 is 0 Å². The number of nitrogens with one attached hydrogen (secondary N) is 1. The van der Waals surface area contributed by atoms with E-state index in [9.17, 15) is 4.79 Å². The van der Waals surface area contributed by atoms with Gasteiger partial charge in [0.1, 0.15) is 5.82 Å². The highest BCUT2D eigenvalue weighted by molar-refractivity contribution is 5.76. The molecule has 1 amide bonds. The molecule has 1 aromatic carbocycles. The zero-order valence-electron chi connectivity index (χ0n) is 13.4. The maximum Gasteiger partial charge on any atom is 0.220 e. The van der Waals surface area contributed by atoms with Crippen molar-refractivity contribution in [2.24, 2.45) is 0 Å². The third-order valence-corrected chi connectivity index (χ3v) is 3.62. The quantitative estimate of drug-likeness (QED) is 0.891. The highest BCUT2D eigenvalue weighted by atomic mass is 16.1. The van der Waals surface area contributed by atoms with Crippen molar-refractivity contribution in [3.05, 3.63) is 59.8 Å². The van der Waals surface area contributed by atoms with E-state index in [1.54, 1.807) is 6.20 Å². The van der Waals surface area contributed by atoms with E-state index in [0.717, 1.165) is 11.4 Å². The van der Waals surface area contributed by atoms with E-state index >= 15 is 0 Å². The summed E-state index contributed by atoms with van der Waals surface area (Å²) in [5, 5.41) is 2.98. The van der Waals surface area contributed by atoms with Gasteiger partial charge in [0, 0.05) is 33.3 Å². The van der Waals surface area contributed by atoms with Crippen LogP contribution in [0.4, 0.5) is 5.82 Å². The van der Waals surface area contributed by atoms with Crippen LogP contribution in [0.25, 0.3) is 0 Å². The van der Waals surface area contributed by atoms with Crippen molar-refractivity contribution in [2.45, 2.75) is 25.8 Å². The molecular formula is C18H23N3O. The van der Waals surface area contributed by atoms with E-state index in [-0.39, 0.29) is 11.8 Å². The molecule has 0 unspecified atom stereocenters. The topological polar surface area (TPSA) is 45.2 Å². The van der Waals surface area contributed by atoms with E-state index in [2.05, 4.69) is 29.4 Å². The molecule has 0 spiro atoms. The predicted octanol–water partition coefficient (Wildman–Crippen LogP) is 2.96. The van der Waals surface area contributed by atoms with Crippen molar-refractivity contribution < 1.29 is 4.79 Å². The number of amides is 1. The van der Waals surface area contributed by atoms with E-state index in [0.29, 0.717) is 13.0 Å². The first-order chi connectivity index (χ1) is 10.6. The van der Waals surface area contributed by atoms with Gasteiger partial charge in [-0.2, -0.15) is 0 Å². The first-order valence-corrected chi connectivity index (χ1v) is 7.50. The summed E-state index contributed by atoms with van der Waals surface area (Å²) in [5.41, 5.74) is 2.25. The van der Waals surface area contributed by atoms with Gasteiger partial charge in [-0.15, -0.1) is 0 Å². The molecule has 2 aromatic rings. The number of nitrogens with zero attached hydrogens (tertiary/aromatic N) is 2. The SMILES string of the molecule is C[C@H](CC(=O)NCc1ccnc(N(C)C)c1)c1ccccc1. The molecule has 0 aliphatic carbocycles. The maximum atomic E-state index is 12.1. The second-order valence-electron chi connectivity index (χ2n) is 5.71. The van der Waals surface area contributed by atoms with Gasteiger partial charge in [-0.05, 0) is 29.2 Å². The summed E-state index contributed by atoms with van der Waals surface area (Å²) in [6.45, 7) is 2.61. The summed E-state index contributed by atoms with van der Waals surface area (Å²) in [5.74, 6) is 1.18. The van der Waals surface area contributed by atoms with Crippen LogP contribution in [0.15, 0.2) is 48.7 Å². The Kier molecular flexibility index (Phi) is 5.53. The lowest BCUT2D eigenvalue weighted by atomic mass is 9.97. The molecular weight excluding hydrogens is 274 g/mol. The van der Waals surface area contributed by atoms with Crippen LogP contribution in [0.3, 0.4) is 0 Å². The Balaban J connectivity index is 1.86. The van der Waals surface area contributed by atoms with E-state index in [1.807, 2.05) is 49.3 Å². The van der Waals surface area contributed by atoms with Gasteiger partial charge in [-0.25, -0.2) is 4.98 Å². The molecule has 0 aliphatic heterocycles. The first kappa shape index (κ1) is 16.0. The number of pyridine rings is 1. The molecule has 4 nitrogen and oxygen atoms in total. The van der Waals surface area contributed by atoms with E-state index in [1.165, 1.54) is 5.56 Å². The summed E-state index contributed by atoms with van der Waals surface area (Å²) < 4.78 is 0. The molecule has 0 saturated heterocycles. The Hall–Kier alpha value is -2.36. The van der Waals surface area contributed by atoms with Gasteiger partial charge in [0.15, 0.2) is 0 Å². The fourth-order valence-electron chi connectivity index (χ4n) is 2.27. The minimum Gasteiger partial charge on any atom is -0.363 e. The second kappa shape index (κ2) is 7.59. The number of carbonyl (C=O) groups is 1. The number of rotatable bonds is 6. The van der Waals surface area contributed by atoms with Crippen LogP contribution in [0.2, 0.25) is 0 Å². The molecule has 4 heteroatoms. The maximum absolute atomic E-state index is 12.1. The third kappa shape index (κ3) is 4.58. The first-order valence-electron chi connectivity index (χ1n) is 7.50. The van der Waals surface area contributed by atoms with Gasteiger partial charge in [0.25, 0.3) is 0 Å². The molecule has 0 aliphatic rings. The Morgan fingerprint density at radius 3 is 2.64 bits per heavy atom. The standard InChI is InChI=1S/C18H23N3O/c1-14(16-7-5-4-6-8-16)11-18(22)20-13-15-9-10-19-17(12-15)21(2)3/h4-10,12,14H,11,13H2,1-3H3,(H,20,22)/t14-/m1/s1. The summed E-state index contributed by atoms with van der Waals surface area (Å²) in [6, 6.07) is 14.0. The third-order valence-electron chi connectivity index (χ3n) is 3.62. The average molecular weight is 297 g/mol. The molecule has 1 atom stereocenters. The summed E-state index contributed by atoms with van der Waals surface area (Å²) in [6.07, 6.45) is 2.26. The highest BCUT2D eigenvalue weighted by Crippen LogP contribution is 2.18. The number of aromatic nitrogens is 1. The lowest BCUT2D eigenvalue weighted by Crippen LogP contribution is -2.24. The van der Waals surface area contributed by atoms with Gasteiger partial charge in [0.2, 0.25) is 5.91 Å². The van der Waals surface area contributed by atoms with Gasteiger partial charge in [-0.1, -0.05) is 37.3 Å². The molecule has 0 saturated carbocycles. The van der Waals surface area contributed by atoms with Crippen molar-refractivity contribution in [3.63, 3.8) is 0 Å². The summed E-state index contributed by atoms with van der Waals surface area (Å²) in [7, 11) is 3.90. The van der Waals surface area contributed by atoms with Gasteiger partial charge in [-0.3, -0.25) is 4.79 Å². The zero-order valence-corrected chi connectivity index (χ0v) is 13.4. The molecule has 2 rings (SSSR count). The average Bonchev–Trinajstić information content (AvgIpc) is 2.54. The van der Waals surface area contributed by atoms with Gasteiger partial charge in [0.05, 0.1) is 0 Å². The predicted molar refractivity (Wildman–Crippen MR) is 89.9 cm³/mol. The minimum atomic E-state index is 0.0690. The fourth-order valence-corrected chi connectivity index (χ4v) is 2.27. The number of hydrogen-bond acceptors (Lipinski definition) is 3. The van der Waals surface area contributed by atoms with Crippen LogP contribution >= 0.6 is 0 Å². The molecule has 1 aromatic heterocycles. The van der Waals surface area contributed by atoms with Crippen LogP contribution in [-0.4, -0.2) is 25.0 Å². The highest BCUT2D eigenvalue weighted by Gasteiger charge is 2.10. The van der Waals surface area contributed by atoms with Crippen molar-refractivity contribution in [1.29, 1.82) is 0 Å². The molecule has 116 valence electrons. The van der Waals surface area contributed by atoms with Crippen LogP contribution < -0.4 is 10.2 Å². The van der Waals surface area contributed by atoms with E-state index < -0.39 is 0 Å². The lowest BCUT2D eigenvalue weighted by molar-refractivity contribution is -0.121. The van der Waals surface area contributed by atoms with Crippen LogP contribution in [0, 0.1) is 0 Å². The Morgan fingerprint density at radius 2 is 1.95 bits per heavy atom. The van der Waals surface area contributed by atoms with Crippen LogP contribution in [0.1, 0.15) is 30.4 Å². The molecule has 1 N–H and O–H groups in total. The lowest BCUT2D eigenvalue weighted by Gasteiger charge is -2.14. The van der Waals surface area contributed by atoms with Gasteiger partial charge < -0.3 is 10.2 Å². The molecule has 22 heavy (non-hydrogen) atoms. The summed E-state index contributed by atoms with van der Waals surface area (Å²) >= 11 is 0. The molecule has 1 heterocycles. The summed E-state index contributed by atoms with van der Waals surface area (Å²) in [4.78, 5) is 18.3. The second-order valence-corrected chi connectivity index (χ2v) is 5.71. The number of benzene rings is 1. The number of anilines is 1. The number of hydrogen-bond donors (Lipinski definition) is 1. The van der Waals surface area contributed by atoms with Crippen molar-refractivity contribution in [2.75, 3.05) is 19.0 Å². The van der Waals surface area contributed by atoms with Crippen LogP contribution in [-0.2, 0) is 11.3 Å². The largest absolute Gasteiger partial charge is 0.363 e. The Labute approximate surface area is 132 Å². The Bertz CT molecular complexity index is 611. The molecule has 0 fully saturated rings. The fraction of sp³-hybridized carbons (Fsp3) is 0.333. The monoisotopic (exact) mass is 297 g/mol. The normalized spacial score (nSPS) is 11.8. The van der Waals surface area contributed by atoms with Crippen molar-refractivity contribution in [3.8, 4) is 0 Å². The van der Waals surface area contributed by atoms with Crippen molar-refractivity contribution in [1.82, 2.24) is 10.3 Å². The Morgan fingerprint density at radius 1 is 1.23 bits per heavy atom. The zero-order chi connectivity index (χ0) is 15.9. The smallest absolute Gasteiger partial charge is 0.220 e. The molecule has 0 radical (unpaired) electrons. The minimum absolute atomic E-state index is 0.0690. The molecule has 0 bridgehead atoms. The van der Waals surface area contributed by atoms with E-state index in [4.69, 9.17) is 0 Å². The number of carbonyl (C=O) groups excluding carboxylic acids is 1.